The Balaban J connectivity index is 1.23. The van der Waals surface area contributed by atoms with Crippen LogP contribution in [0.3, 0.4) is 0 Å². The fourth-order valence-electron chi connectivity index (χ4n) is 4.65. The van der Waals surface area contributed by atoms with Crippen LogP contribution in [0.25, 0.3) is 0 Å². The summed E-state index contributed by atoms with van der Waals surface area (Å²) in [5, 5.41) is 23.5. The number of anilines is 5. The van der Waals surface area contributed by atoms with Crippen LogP contribution < -0.4 is 26.2 Å². The number of hydrogen-bond donors (Lipinski definition) is 5. The number of rotatable bonds is 8. The first kappa shape index (κ1) is 24.9. The van der Waals surface area contributed by atoms with Gasteiger partial charge in [0.25, 0.3) is 5.91 Å². The second kappa shape index (κ2) is 10.7. The number of H-pyrrole nitrogens is 1. The molecule has 4 aromatic rings. The quantitative estimate of drug-likeness (QED) is 0.239. The molecule has 6 N–H and O–H groups in total. The maximum absolute atomic E-state index is 12.3. The smallest absolute Gasteiger partial charge is 0.256 e. The fraction of sp³-hybridized carbons (Fsp3) is 0.259. The van der Waals surface area contributed by atoms with Crippen LogP contribution in [0.4, 0.5) is 29.0 Å². The molecule has 1 aliphatic rings. The highest BCUT2D eigenvalue weighted by molar-refractivity contribution is 6.03. The van der Waals surface area contributed by atoms with E-state index in [0.717, 1.165) is 60.2 Å². The minimum atomic E-state index is -0.598. The number of nitrogens with one attached hydrogen (secondary N) is 3. The summed E-state index contributed by atoms with van der Waals surface area (Å²) >= 11 is 0. The molecule has 0 spiro atoms. The summed E-state index contributed by atoms with van der Waals surface area (Å²) in [7, 11) is 0. The third-order valence-corrected chi connectivity index (χ3v) is 6.64. The summed E-state index contributed by atoms with van der Waals surface area (Å²) in [6.07, 6.45) is 3.53. The van der Waals surface area contributed by atoms with Gasteiger partial charge in [-0.2, -0.15) is 5.10 Å². The normalized spacial score (nSPS) is 13.4. The van der Waals surface area contributed by atoms with E-state index in [0.29, 0.717) is 18.2 Å². The molecular formula is C27H31N9O2. The van der Waals surface area contributed by atoms with Crippen molar-refractivity contribution in [1.29, 1.82) is 0 Å². The fourth-order valence-corrected chi connectivity index (χ4v) is 4.65. The van der Waals surface area contributed by atoms with E-state index in [9.17, 15) is 9.90 Å². The summed E-state index contributed by atoms with van der Waals surface area (Å²) < 4.78 is 0. The number of amides is 1. The Morgan fingerprint density at radius 2 is 1.66 bits per heavy atom. The summed E-state index contributed by atoms with van der Waals surface area (Å²) in [6.45, 7) is 7.55. The summed E-state index contributed by atoms with van der Waals surface area (Å²) in [4.78, 5) is 25.5. The number of aromatic nitrogens is 4. The highest BCUT2D eigenvalue weighted by atomic mass is 16.3. The Morgan fingerprint density at radius 3 is 2.29 bits per heavy atom. The van der Waals surface area contributed by atoms with Gasteiger partial charge >= 0.3 is 0 Å². The maximum Gasteiger partial charge on any atom is 0.256 e. The van der Waals surface area contributed by atoms with E-state index >= 15 is 0 Å². The molecule has 1 amide bonds. The average Bonchev–Trinajstić information content (AvgIpc) is 3.34. The Morgan fingerprint density at radius 1 is 1.03 bits per heavy atom. The number of aryl methyl sites for hydroxylation is 2. The van der Waals surface area contributed by atoms with Crippen LogP contribution in [-0.4, -0.2) is 57.4 Å². The van der Waals surface area contributed by atoms with Crippen molar-refractivity contribution in [3.05, 3.63) is 77.1 Å². The molecule has 0 saturated carbocycles. The number of hydrogen-bond acceptors (Lipinski definition) is 9. The second-order valence-corrected chi connectivity index (χ2v) is 9.31. The van der Waals surface area contributed by atoms with Crippen LogP contribution in [0.15, 0.2) is 54.9 Å². The minimum absolute atomic E-state index is 0.251. The Bertz CT molecular complexity index is 1390. The first-order chi connectivity index (χ1) is 18.4. The zero-order chi connectivity index (χ0) is 26.6. The lowest BCUT2D eigenvalue weighted by Gasteiger charge is -2.36. The SMILES string of the molecule is Cc1cc(CNc2n[nH]c(Nc3ccc(N4CCN(c5ncccn5)CC4)cc3)c2C(N)=O)cc(C)c1O. The topological polar surface area (TPSA) is 148 Å². The van der Waals surface area contributed by atoms with Gasteiger partial charge in [0, 0.05) is 56.5 Å². The van der Waals surface area contributed by atoms with Crippen molar-refractivity contribution >= 4 is 34.9 Å². The third kappa shape index (κ3) is 5.31. The minimum Gasteiger partial charge on any atom is -0.507 e. The van der Waals surface area contributed by atoms with Gasteiger partial charge in [-0.3, -0.25) is 9.89 Å². The van der Waals surface area contributed by atoms with Crippen molar-refractivity contribution in [2.75, 3.05) is 46.6 Å². The van der Waals surface area contributed by atoms with Gasteiger partial charge in [0.15, 0.2) is 5.82 Å². The number of nitrogens with zero attached hydrogens (tertiary/aromatic N) is 5. The standard InChI is InChI=1S/C27H31N9O2/c1-17-14-19(15-18(2)23(17)37)16-31-25-22(24(28)38)26(34-33-25)32-20-4-6-21(7-5-20)35-10-12-36(13-11-35)27-29-8-3-9-30-27/h3-9,14-15,37H,10-13,16H2,1-2H3,(H2,28,38)(H3,31,32,33,34). The molecule has 11 heteroatoms. The first-order valence-corrected chi connectivity index (χ1v) is 12.4. The van der Waals surface area contributed by atoms with Gasteiger partial charge in [-0.15, -0.1) is 0 Å². The number of primary amides is 1. The van der Waals surface area contributed by atoms with Crippen LogP contribution in [0, 0.1) is 13.8 Å². The van der Waals surface area contributed by atoms with E-state index in [1.807, 2.05) is 56.3 Å². The van der Waals surface area contributed by atoms with Gasteiger partial charge in [0.05, 0.1) is 0 Å². The molecular weight excluding hydrogens is 482 g/mol. The average molecular weight is 514 g/mol. The molecule has 0 bridgehead atoms. The Labute approximate surface area is 220 Å². The molecule has 2 aromatic carbocycles. The van der Waals surface area contributed by atoms with Crippen LogP contribution in [-0.2, 0) is 6.54 Å². The lowest BCUT2D eigenvalue weighted by molar-refractivity contribution is 0.100. The van der Waals surface area contributed by atoms with Gasteiger partial charge < -0.3 is 31.3 Å². The first-order valence-electron chi connectivity index (χ1n) is 12.4. The molecule has 1 aliphatic heterocycles. The molecule has 38 heavy (non-hydrogen) atoms. The van der Waals surface area contributed by atoms with Crippen molar-refractivity contribution in [3.63, 3.8) is 0 Å². The molecule has 5 rings (SSSR count). The number of aromatic amines is 1. The van der Waals surface area contributed by atoms with E-state index in [2.05, 4.69) is 40.6 Å². The van der Waals surface area contributed by atoms with Crippen molar-refractivity contribution in [3.8, 4) is 5.75 Å². The van der Waals surface area contributed by atoms with Crippen LogP contribution in [0.5, 0.6) is 5.75 Å². The van der Waals surface area contributed by atoms with Crippen molar-refractivity contribution < 1.29 is 9.90 Å². The van der Waals surface area contributed by atoms with E-state index < -0.39 is 5.91 Å². The van der Waals surface area contributed by atoms with Crippen LogP contribution >= 0.6 is 0 Å². The number of phenolic OH excluding ortho intramolecular Hbond substituents is 1. The predicted molar refractivity (Wildman–Crippen MR) is 148 cm³/mol. The molecule has 0 aliphatic carbocycles. The van der Waals surface area contributed by atoms with E-state index in [4.69, 9.17) is 5.73 Å². The van der Waals surface area contributed by atoms with E-state index in [-0.39, 0.29) is 11.3 Å². The Hall–Kier alpha value is -4.80. The largest absolute Gasteiger partial charge is 0.507 e. The zero-order valence-electron chi connectivity index (χ0n) is 21.4. The lowest BCUT2D eigenvalue weighted by atomic mass is 10.1. The zero-order valence-corrected chi connectivity index (χ0v) is 21.4. The molecule has 3 heterocycles. The van der Waals surface area contributed by atoms with Gasteiger partial charge in [-0.25, -0.2) is 9.97 Å². The van der Waals surface area contributed by atoms with Gasteiger partial charge in [-0.05, 0) is 60.9 Å². The van der Waals surface area contributed by atoms with Crippen LogP contribution in [0.2, 0.25) is 0 Å². The predicted octanol–water partition coefficient (Wildman–Crippen LogP) is 3.30. The third-order valence-electron chi connectivity index (χ3n) is 6.64. The highest BCUT2D eigenvalue weighted by Gasteiger charge is 2.21. The monoisotopic (exact) mass is 513 g/mol. The number of benzene rings is 2. The van der Waals surface area contributed by atoms with Crippen molar-refractivity contribution in [1.82, 2.24) is 20.2 Å². The van der Waals surface area contributed by atoms with Gasteiger partial charge in [-0.1, -0.05) is 12.1 Å². The van der Waals surface area contributed by atoms with E-state index in [1.54, 1.807) is 12.4 Å². The van der Waals surface area contributed by atoms with E-state index in [1.165, 1.54) is 0 Å². The molecule has 0 radical (unpaired) electrons. The number of piperazine rings is 1. The Kier molecular flexibility index (Phi) is 6.98. The summed E-state index contributed by atoms with van der Waals surface area (Å²) in [5.41, 5.74) is 10.4. The molecule has 0 unspecified atom stereocenters. The number of aromatic hydroxyl groups is 1. The number of nitrogens with two attached hydrogens (primary N) is 1. The number of carbonyl (C=O) groups excluding carboxylic acids is 1. The maximum atomic E-state index is 12.3. The molecule has 196 valence electrons. The molecule has 2 aromatic heterocycles. The van der Waals surface area contributed by atoms with Gasteiger partial charge in [0.2, 0.25) is 5.95 Å². The number of carbonyl (C=O) groups is 1. The molecule has 1 fully saturated rings. The summed E-state index contributed by atoms with van der Waals surface area (Å²) in [6, 6.07) is 13.6. The van der Waals surface area contributed by atoms with Gasteiger partial charge in [0.1, 0.15) is 17.1 Å². The van der Waals surface area contributed by atoms with Crippen molar-refractivity contribution in [2.45, 2.75) is 20.4 Å². The molecule has 1 saturated heterocycles. The molecule has 11 nitrogen and oxygen atoms in total. The van der Waals surface area contributed by atoms with Crippen molar-refractivity contribution in [2.24, 2.45) is 5.73 Å². The lowest BCUT2D eigenvalue weighted by Crippen LogP contribution is -2.47. The number of phenols is 1. The second-order valence-electron chi connectivity index (χ2n) is 9.31. The highest BCUT2D eigenvalue weighted by Crippen LogP contribution is 2.28. The summed E-state index contributed by atoms with van der Waals surface area (Å²) in [5.74, 6) is 1.23. The molecule has 0 atom stereocenters. The van der Waals surface area contributed by atoms with Crippen LogP contribution in [0.1, 0.15) is 27.0 Å².